The molecule has 0 fully saturated rings. The summed E-state index contributed by atoms with van der Waals surface area (Å²) >= 11 is 0. The van der Waals surface area contributed by atoms with Gasteiger partial charge >= 0.3 is 0 Å². The van der Waals surface area contributed by atoms with Crippen molar-refractivity contribution in [3.05, 3.63) is 0 Å². The van der Waals surface area contributed by atoms with Gasteiger partial charge in [-0.05, 0) is 19.3 Å². The van der Waals surface area contributed by atoms with Gasteiger partial charge in [0.2, 0.25) is 11.8 Å². The summed E-state index contributed by atoms with van der Waals surface area (Å²) < 4.78 is 0. The van der Waals surface area contributed by atoms with Gasteiger partial charge in [0.25, 0.3) is 0 Å². The highest BCUT2D eigenvalue weighted by atomic mass is 16.2. The molecule has 0 rings (SSSR count). The number of amides is 2. The Bertz CT molecular complexity index is 219. The Morgan fingerprint density at radius 2 is 2.00 bits per heavy atom. The number of nitrogens with one attached hydrogen (secondary N) is 1. The Kier molecular flexibility index (Phi) is 8.52. The molecule has 94 valence electrons. The molecule has 0 aromatic carbocycles. The second-order valence-electron chi connectivity index (χ2n) is 3.94. The van der Waals surface area contributed by atoms with E-state index in [0.29, 0.717) is 19.5 Å². The number of hydrogen-bond acceptors (Lipinski definition) is 3. The molecule has 0 heterocycles. The summed E-state index contributed by atoms with van der Waals surface area (Å²) in [7, 11) is 0. The minimum atomic E-state index is -0.294. The van der Waals surface area contributed by atoms with Crippen molar-refractivity contribution in [2.75, 3.05) is 13.1 Å². The lowest BCUT2D eigenvalue weighted by Gasteiger charge is -2.13. The van der Waals surface area contributed by atoms with Crippen molar-refractivity contribution in [3.8, 4) is 0 Å². The van der Waals surface area contributed by atoms with Crippen molar-refractivity contribution in [3.63, 3.8) is 0 Å². The fourth-order valence-corrected chi connectivity index (χ4v) is 1.48. The van der Waals surface area contributed by atoms with Gasteiger partial charge < -0.3 is 16.8 Å². The molecule has 0 aliphatic carbocycles. The quantitative estimate of drug-likeness (QED) is 0.490. The van der Waals surface area contributed by atoms with Crippen molar-refractivity contribution >= 4 is 11.8 Å². The summed E-state index contributed by atoms with van der Waals surface area (Å²) in [5.41, 5.74) is 10.5. The van der Waals surface area contributed by atoms with Gasteiger partial charge in [0.05, 0.1) is 5.92 Å². The predicted octanol–water partition coefficient (Wildman–Crippen LogP) is 0.133. The number of carbonyl (C=O) groups excluding carboxylic acids is 2. The highest BCUT2D eigenvalue weighted by molar-refractivity contribution is 5.78. The fourth-order valence-electron chi connectivity index (χ4n) is 1.48. The van der Waals surface area contributed by atoms with Crippen LogP contribution in [0, 0.1) is 5.92 Å². The third-order valence-corrected chi connectivity index (χ3v) is 2.44. The van der Waals surface area contributed by atoms with Gasteiger partial charge in [-0.25, -0.2) is 0 Å². The first-order valence-corrected chi connectivity index (χ1v) is 5.87. The Hall–Kier alpha value is -1.10. The highest BCUT2D eigenvalue weighted by Crippen LogP contribution is 2.04. The van der Waals surface area contributed by atoms with Gasteiger partial charge in [0.1, 0.15) is 0 Å². The predicted molar refractivity (Wildman–Crippen MR) is 63.5 cm³/mol. The van der Waals surface area contributed by atoms with Crippen molar-refractivity contribution in [2.45, 2.75) is 39.0 Å². The van der Waals surface area contributed by atoms with E-state index in [1.807, 2.05) is 6.92 Å². The van der Waals surface area contributed by atoms with E-state index in [0.717, 1.165) is 25.7 Å². The molecule has 1 atom stereocenters. The van der Waals surface area contributed by atoms with Crippen LogP contribution in [-0.4, -0.2) is 24.9 Å². The van der Waals surface area contributed by atoms with Gasteiger partial charge in [-0.2, -0.15) is 0 Å². The summed E-state index contributed by atoms with van der Waals surface area (Å²) in [6.45, 7) is 3.01. The SMILES string of the molecule is CCCC(CN)C(=O)NCCCCC(N)=O. The third kappa shape index (κ3) is 7.23. The van der Waals surface area contributed by atoms with Crippen LogP contribution >= 0.6 is 0 Å². The molecule has 5 nitrogen and oxygen atoms in total. The molecule has 0 aliphatic heterocycles. The van der Waals surface area contributed by atoms with E-state index >= 15 is 0 Å². The van der Waals surface area contributed by atoms with Crippen LogP contribution in [0.4, 0.5) is 0 Å². The maximum absolute atomic E-state index is 11.6. The lowest BCUT2D eigenvalue weighted by Crippen LogP contribution is -2.35. The van der Waals surface area contributed by atoms with Gasteiger partial charge in [0.15, 0.2) is 0 Å². The first-order valence-electron chi connectivity index (χ1n) is 5.87. The summed E-state index contributed by atoms with van der Waals surface area (Å²) in [5.74, 6) is -0.360. The minimum absolute atomic E-state index is 0.0171. The standard InChI is InChI=1S/C11H23N3O2/c1-2-5-9(8-12)11(16)14-7-4-3-6-10(13)15/h9H,2-8,12H2,1H3,(H2,13,15)(H,14,16). The lowest BCUT2D eigenvalue weighted by atomic mass is 10.0. The average Bonchev–Trinajstić information content (AvgIpc) is 2.24. The zero-order valence-electron chi connectivity index (χ0n) is 10.00. The van der Waals surface area contributed by atoms with E-state index in [4.69, 9.17) is 11.5 Å². The molecule has 0 saturated carbocycles. The first-order chi connectivity index (χ1) is 7.61. The molecule has 1 unspecified atom stereocenters. The largest absolute Gasteiger partial charge is 0.370 e. The topological polar surface area (TPSA) is 98.2 Å². The molecule has 0 saturated heterocycles. The van der Waals surface area contributed by atoms with Crippen LogP contribution in [0.5, 0.6) is 0 Å². The van der Waals surface area contributed by atoms with Crippen LogP contribution in [0.3, 0.4) is 0 Å². The molecule has 16 heavy (non-hydrogen) atoms. The second kappa shape index (κ2) is 9.15. The van der Waals surface area contributed by atoms with Crippen molar-refractivity contribution in [1.29, 1.82) is 0 Å². The van der Waals surface area contributed by atoms with Crippen LogP contribution in [0.1, 0.15) is 39.0 Å². The van der Waals surface area contributed by atoms with E-state index in [9.17, 15) is 9.59 Å². The van der Waals surface area contributed by atoms with Crippen molar-refractivity contribution < 1.29 is 9.59 Å². The molecular weight excluding hydrogens is 206 g/mol. The normalized spacial score (nSPS) is 12.1. The van der Waals surface area contributed by atoms with E-state index in [1.54, 1.807) is 0 Å². The molecule has 0 spiro atoms. The van der Waals surface area contributed by atoms with Crippen LogP contribution in [0.2, 0.25) is 0 Å². The lowest BCUT2D eigenvalue weighted by molar-refractivity contribution is -0.124. The van der Waals surface area contributed by atoms with Crippen molar-refractivity contribution in [2.24, 2.45) is 17.4 Å². The average molecular weight is 229 g/mol. The number of rotatable bonds is 9. The number of carbonyl (C=O) groups is 2. The van der Waals surface area contributed by atoms with Gasteiger partial charge in [-0.1, -0.05) is 13.3 Å². The molecule has 5 heteroatoms. The maximum Gasteiger partial charge on any atom is 0.224 e. The van der Waals surface area contributed by atoms with Crippen LogP contribution in [0.15, 0.2) is 0 Å². The molecule has 0 aromatic rings. The van der Waals surface area contributed by atoms with Gasteiger partial charge in [-0.15, -0.1) is 0 Å². The number of nitrogens with two attached hydrogens (primary N) is 2. The molecule has 5 N–H and O–H groups in total. The monoisotopic (exact) mass is 229 g/mol. The van der Waals surface area contributed by atoms with E-state index in [1.165, 1.54) is 0 Å². The molecule has 0 aliphatic rings. The first kappa shape index (κ1) is 14.9. The molecule has 0 bridgehead atoms. The van der Waals surface area contributed by atoms with Crippen molar-refractivity contribution in [1.82, 2.24) is 5.32 Å². The summed E-state index contributed by atoms with van der Waals surface area (Å²) in [5, 5.41) is 2.82. The Morgan fingerprint density at radius 3 is 2.50 bits per heavy atom. The number of primary amides is 1. The van der Waals surface area contributed by atoms with Crippen LogP contribution in [-0.2, 0) is 9.59 Å². The fraction of sp³-hybridized carbons (Fsp3) is 0.818. The van der Waals surface area contributed by atoms with Gasteiger partial charge in [-0.3, -0.25) is 9.59 Å². The molecule has 0 aromatic heterocycles. The van der Waals surface area contributed by atoms with E-state index < -0.39 is 0 Å². The molecular formula is C11H23N3O2. The molecule has 0 radical (unpaired) electrons. The zero-order chi connectivity index (χ0) is 12.4. The number of hydrogen-bond donors (Lipinski definition) is 3. The smallest absolute Gasteiger partial charge is 0.224 e. The van der Waals surface area contributed by atoms with E-state index in [-0.39, 0.29) is 17.7 Å². The van der Waals surface area contributed by atoms with E-state index in [2.05, 4.69) is 5.32 Å². The minimum Gasteiger partial charge on any atom is -0.370 e. The summed E-state index contributed by atoms with van der Waals surface area (Å²) in [6.07, 6.45) is 3.65. The zero-order valence-corrected chi connectivity index (χ0v) is 10.00. The third-order valence-electron chi connectivity index (χ3n) is 2.44. The Morgan fingerprint density at radius 1 is 1.31 bits per heavy atom. The van der Waals surface area contributed by atoms with Crippen LogP contribution < -0.4 is 16.8 Å². The molecule has 2 amide bonds. The van der Waals surface area contributed by atoms with Gasteiger partial charge in [0, 0.05) is 19.5 Å². The second-order valence-corrected chi connectivity index (χ2v) is 3.94. The summed E-state index contributed by atoms with van der Waals surface area (Å²) in [6, 6.07) is 0. The number of unbranched alkanes of at least 4 members (excludes halogenated alkanes) is 1. The Labute approximate surface area is 96.9 Å². The summed E-state index contributed by atoms with van der Waals surface area (Å²) in [4.78, 5) is 22.0. The maximum atomic E-state index is 11.6. The van der Waals surface area contributed by atoms with Crippen LogP contribution in [0.25, 0.3) is 0 Å². The Balaban J connectivity index is 3.59. The highest BCUT2D eigenvalue weighted by Gasteiger charge is 2.14.